The molecule has 0 bridgehead atoms. The number of aromatic nitrogens is 3. The first kappa shape index (κ1) is 15.9. The first-order valence-electron chi connectivity index (χ1n) is 8.30. The number of anilines is 1. The van der Waals surface area contributed by atoms with E-state index in [0.717, 1.165) is 32.4 Å². The van der Waals surface area contributed by atoms with E-state index in [2.05, 4.69) is 14.9 Å². The predicted molar refractivity (Wildman–Crippen MR) is 89.1 cm³/mol. The van der Waals surface area contributed by atoms with Gasteiger partial charge in [-0.1, -0.05) is 0 Å². The van der Waals surface area contributed by atoms with Crippen LogP contribution in [0.4, 0.5) is 19.0 Å². The number of imidazole rings is 1. The highest BCUT2D eigenvalue weighted by Crippen LogP contribution is 2.38. The number of rotatable bonds is 2. The van der Waals surface area contributed by atoms with E-state index in [1.807, 2.05) is 0 Å². The molecule has 0 saturated carbocycles. The summed E-state index contributed by atoms with van der Waals surface area (Å²) in [5.74, 6) is -1.67. The van der Waals surface area contributed by atoms with Gasteiger partial charge in [-0.15, -0.1) is 0 Å². The lowest BCUT2D eigenvalue weighted by atomic mass is 10.0. The lowest BCUT2D eigenvalue weighted by molar-refractivity contribution is 0.546. The topological polar surface area (TPSA) is 33.4 Å². The number of benzene rings is 1. The van der Waals surface area contributed by atoms with Crippen LogP contribution in [0.5, 0.6) is 0 Å². The first-order valence-corrected chi connectivity index (χ1v) is 8.30. The maximum atomic E-state index is 14.5. The number of halogens is 3. The Kier molecular flexibility index (Phi) is 3.86. The summed E-state index contributed by atoms with van der Waals surface area (Å²) in [5.41, 5.74) is 0.564. The van der Waals surface area contributed by atoms with Crippen molar-refractivity contribution in [2.75, 3.05) is 18.0 Å². The second kappa shape index (κ2) is 6.06. The lowest BCUT2D eigenvalue weighted by Crippen LogP contribution is -2.32. The fourth-order valence-electron chi connectivity index (χ4n) is 3.52. The summed E-state index contributed by atoms with van der Waals surface area (Å²) in [5, 5.41) is 0. The largest absolute Gasteiger partial charge is 0.357 e. The molecule has 0 aliphatic carbocycles. The molecule has 7 heteroatoms. The molecule has 4 rings (SSSR count). The van der Waals surface area contributed by atoms with Gasteiger partial charge in [-0.25, -0.2) is 23.1 Å². The van der Waals surface area contributed by atoms with E-state index in [-0.39, 0.29) is 5.56 Å². The van der Waals surface area contributed by atoms with Crippen molar-refractivity contribution < 1.29 is 13.2 Å². The molecule has 0 amide bonds. The van der Waals surface area contributed by atoms with Gasteiger partial charge < -0.3 is 4.90 Å². The van der Waals surface area contributed by atoms with Crippen molar-refractivity contribution in [2.45, 2.75) is 26.2 Å². The molecule has 0 spiro atoms. The summed E-state index contributed by atoms with van der Waals surface area (Å²) in [7, 11) is 0. The number of hydrogen-bond acceptors (Lipinski definition) is 3. The van der Waals surface area contributed by atoms with Crippen molar-refractivity contribution >= 4 is 11.6 Å². The third-order valence-electron chi connectivity index (χ3n) is 4.61. The van der Waals surface area contributed by atoms with E-state index < -0.39 is 17.5 Å². The van der Waals surface area contributed by atoms with Crippen LogP contribution < -0.4 is 4.90 Å². The van der Waals surface area contributed by atoms with E-state index in [4.69, 9.17) is 0 Å². The van der Waals surface area contributed by atoms with E-state index in [1.54, 1.807) is 23.7 Å². The summed E-state index contributed by atoms with van der Waals surface area (Å²) in [6, 6.07) is 1.41. The van der Waals surface area contributed by atoms with E-state index in [1.165, 1.54) is 0 Å². The average Bonchev–Trinajstić information content (AvgIpc) is 3.02. The molecule has 0 unspecified atom stereocenters. The van der Waals surface area contributed by atoms with Gasteiger partial charge >= 0.3 is 0 Å². The van der Waals surface area contributed by atoms with Crippen molar-refractivity contribution in [1.29, 1.82) is 0 Å². The fraction of sp³-hybridized carbons (Fsp3) is 0.333. The number of hydrogen-bond donors (Lipinski definition) is 0. The van der Waals surface area contributed by atoms with Crippen molar-refractivity contribution in [3.05, 3.63) is 47.7 Å². The average molecular weight is 346 g/mol. The molecule has 25 heavy (non-hydrogen) atoms. The van der Waals surface area contributed by atoms with Gasteiger partial charge in [-0.05, 0) is 26.2 Å². The second-order valence-electron chi connectivity index (χ2n) is 6.29. The molecule has 0 radical (unpaired) electrons. The van der Waals surface area contributed by atoms with Gasteiger partial charge in [-0.2, -0.15) is 0 Å². The summed E-state index contributed by atoms with van der Waals surface area (Å²) < 4.78 is 44.1. The van der Waals surface area contributed by atoms with Crippen LogP contribution in [-0.2, 0) is 0 Å². The minimum Gasteiger partial charge on any atom is -0.357 e. The molecule has 130 valence electrons. The number of nitrogens with zero attached hydrogens (tertiary/aromatic N) is 4. The zero-order valence-electron chi connectivity index (χ0n) is 13.8. The van der Waals surface area contributed by atoms with Crippen molar-refractivity contribution in [1.82, 2.24) is 14.4 Å². The molecule has 3 aromatic rings. The Morgan fingerprint density at radius 1 is 0.960 bits per heavy atom. The van der Waals surface area contributed by atoms with Gasteiger partial charge in [0.2, 0.25) is 5.78 Å². The third kappa shape index (κ3) is 2.63. The molecule has 4 nitrogen and oxygen atoms in total. The zero-order chi connectivity index (χ0) is 17.6. The zero-order valence-corrected chi connectivity index (χ0v) is 13.8. The Balaban J connectivity index is 2.05. The van der Waals surface area contributed by atoms with Crippen molar-refractivity contribution in [3.8, 4) is 11.1 Å². The molecule has 3 heterocycles. The summed E-state index contributed by atoms with van der Waals surface area (Å²) in [6.07, 6.45) is 6.48. The Labute approximate surface area is 142 Å². The maximum Gasteiger partial charge on any atom is 0.235 e. The fourth-order valence-corrected chi connectivity index (χ4v) is 3.52. The Morgan fingerprint density at radius 2 is 1.64 bits per heavy atom. The summed E-state index contributed by atoms with van der Waals surface area (Å²) in [4.78, 5) is 10.7. The SMILES string of the molecule is Cc1nc2nccn2c(N2CCCCC2)c1-c1c(F)cc(F)cc1F. The molecular weight excluding hydrogens is 329 g/mol. The molecule has 1 aromatic carbocycles. The predicted octanol–water partition coefficient (Wildman–Crippen LogP) is 4.11. The quantitative estimate of drug-likeness (QED) is 0.700. The standard InChI is InChI=1S/C18H17F3N4/c1-11-15(16-13(20)9-12(19)10-14(16)21)17(24-6-3-2-4-7-24)25-8-5-22-18(25)23-11/h5,8-10H,2-4,6-7H2,1H3. The van der Waals surface area contributed by atoms with Crippen LogP contribution in [0.15, 0.2) is 24.5 Å². The van der Waals surface area contributed by atoms with Gasteiger partial charge in [-0.3, -0.25) is 4.40 Å². The molecule has 1 saturated heterocycles. The van der Waals surface area contributed by atoms with Crippen molar-refractivity contribution in [2.24, 2.45) is 0 Å². The van der Waals surface area contributed by atoms with E-state index >= 15 is 0 Å². The van der Waals surface area contributed by atoms with Gasteiger partial charge in [0.25, 0.3) is 0 Å². The highest BCUT2D eigenvalue weighted by molar-refractivity contribution is 5.80. The Morgan fingerprint density at radius 3 is 2.32 bits per heavy atom. The number of aryl methyl sites for hydroxylation is 1. The Bertz CT molecular complexity index is 922. The van der Waals surface area contributed by atoms with Crippen LogP contribution in [-0.4, -0.2) is 27.5 Å². The van der Waals surface area contributed by atoms with Crippen LogP contribution >= 0.6 is 0 Å². The third-order valence-corrected chi connectivity index (χ3v) is 4.61. The molecule has 1 aliphatic rings. The van der Waals surface area contributed by atoms with E-state index in [9.17, 15) is 13.2 Å². The lowest BCUT2D eigenvalue weighted by Gasteiger charge is -2.31. The molecule has 1 aliphatic heterocycles. The molecule has 1 fully saturated rings. The summed E-state index contributed by atoms with van der Waals surface area (Å²) >= 11 is 0. The first-order chi connectivity index (χ1) is 12.1. The monoisotopic (exact) mass is 346 g/mol. The highest BCUT2D eigenvalue weighted by Gasteiger charge is 2.26. The van der Waals surface area contributed by atoms with Gasteiger partial charge in [0, 0.05) is 37.6 Å². The van der Waals surface area contributed by atoms with Crippen LogP contribution in [0.1, 0.15) is 25.0 Å². The van der Waals surface area contributed by atoms with Gasteiger partial charge in [0.1, 0.15) is 23.3 Å². The van der Waals surface area contributed by atoms with Gasteiger partial charge in [0.15, 0.2) is 0 Å². The van der Waals surface area contributed by atoms with Crippen molar-refractivity contribution in [3.63, 3.8) is 0 Å². The van der Waals surface area contributed by atoms with Crippen LogP contribution in [0.25, 0.3) is 16.9 Å². The number of fused-ring (bicyclic) bond motifs is 1. The minimum atomic E-state index is -0.937. The minimum absolute atomic E-state index is 0.248. The molecular formula is C18H17F3N4. The normalized spacial score (nSPS) is 15.1. The summed E-state index contributed by atoms with van der Waals surface area (Å²) in [6.45, 7) is 3.27. The smallest absolute Gasteiger partial charge is 0.235 e. The van der Waals surface area contributed by atoms with Gasteiger partial charge in [0.05, 0.1) is 16.8 Å². The second-order valence-corrected chi connectivity index (χ2v) is 6.29. The molecule has 0 N–H and O–H groups in total. The number of piperidine rings is 1. The molecule has 2 aromatic heterocycles. The van der Waals surface area contributed by atoms with Crippen LogP contribution in [0, 0.1) is 24.4 Å². The van der Waals surface area contributed by atoms with Crippen LogP contribution in [0.2, 0.25) is 0 Å². The maximum absolute atomic E-state index is 14.5. The van der Waals surface area contributed by atoms with E-state index in [0.29, 0.717) is 35.0 Å². The molecule has 0 atom stereocenters. The Hall–Kier alpha value is -2.57. The highest BCUT2D eigenvalue weighted by atomic mass is 19.1. The van der Waals surface area contributed by atoms with Crippen LogP contribution in [0.3, 0.4) is 0 Å².